The van der Waals surface area contributed by atoms with Crippen LogP contribution in [0.4, 0.5) is 11.8 Å². The van der Waals surface area contributed by atoms with E-state index in [4.69, 9.17) is 5.73 Å². The summed E-state index contributed by atoms with van der Waals surface area (Å²) < 4.78 is 0. The number of fused-ring (bicyclic) bond motifs is 1. The van der Waals surface area contributed by atoms with E-state index < -0.39 is 0 Å². The minimum absolute atomic E-state index is 0.244. The number of nitrogens with zero attached hydrogens (tertiary/aromatic N) is 3. The summed E-state index contributed by atoms with van der Waals surface area (Å²) in [6.45, 7) is 0. The van der Waals surface area contributed by atoms with E-state index in [9.17, 15) is 0 Å². The van der Waals surface area contributed by atoms with Crippen LogP contribution in [-0.4, -0.2) is 26.0 Å². The molecule has 3 rings (SSSR count). The van der Waals surface area contributed by atoms with E-state index in [2.05, 4.69) is 37.4 Å². The smallest absolute Gasteiger partial charge is 0.224 e. The number of H-pyrrole nitrogens is 1. The predicted molar refractivity (Wildman–Crippen MR) is 61.9 cm³/mol. The monoisotopic (exact) mass is 216 g/mol. The van der Waals surface area contributed by atoms with Gasteiger partial charge in [-0.1, -0.05) is 12.2 Å². The Kier molecular flexibility index (Phi) is 1.99. The highest BCUT2D eigenvalue weighted by molar-refractivity contribution is 5.83. The van der Waals surface area contributed by atoms with E-state index in [0.717, 1.165) is 24.2 Å². The lowest BCUT2D eigenvalue weighted by Gasteiger charge is -2.13. The molecule has 0 saturated carbocycles. The van der Waals surface area contributed by atoms with Crippen molar-refractivity contribution < 1.29 is 0 Å². The van der Waals surface area contributed by atoms with Crippen molar-refractivity contribution in [2.45, 2.75) is 18.9 Å². The van der Waals surface area contributed by atoms with Gasteiger partial charge in [-0.2, -0.15) is 9.97 Å². The molecule has 0 bridgehead atoms. The Labute approximate surface area is 92.0 Å². The topological polar surface area (TPSA) is 92.5 Å². The zero-order chi connectivity index (χ0) is 11.0. The summed E-state index contributed by atoms with van der Waals surface area (Å²) in [4.78, 5) is 15.3. The van der Waals surface area contributed by atoms with Gasteiger partial charge in [0.2, 0.25) is 5.95 Å². The summed E-state index contributed by atoms with van der Waals surface area (Å²) >= 11 is 0. The van der Waals surface area contributed by atoms with E-state index >= 15 is 0 Å². The average molecular weight is 216 g/mol. The summed E-state index contributed by atoms with van der Waals surface area (Å²) in [6.07, 6.45) is 7.94. The van der Waals surface area contributed by atoms with Gasteiger partial charge in [0.05, 0.1) is 6.33 Å². The molecule has 0 aromatic carbocycles. The second kappa shape index (κ2) is 3.48. The van der Waals surface area contributed by atoms with E-state index in [1.54, 1.807) is 6.33 Å². The van der Waals surface area contributed by atoms with Crippen molar-refractivity contribution in [1.29, 1.82) is 0 Å². The van der Waals surface area contributed by atoms with Crippen LogP contribution in [0.2, 0.25) is 0 Å². The quantitative estimate of drug-likeness (QED) is 0.653. The van der Waals surface area contributed by atoms with Crippen molar-refractivity contribution >= 4 is 22.9 Å². The van der Waals surface area contributed by atoms with E-state index in [1.807, 2.05) is 0 Å². The van der Waals surface area contributed by atoms with Crippen LogP contribution in [-0.2, 0) is 0 Å². The number of rotatable bonds is 2. The van der Waals surface area contributed by atoms with Crippen molar-refractivity contribution in [3.63, 3.8) is 0 Å². The van der Waals surface area contributed by atoms with Gasteiger partial charge < -0.3 is 16.0 Å². The molecule has 0 unspecified atom stereocenters. The minimum atomic E-state index is 0.244. The highest BCUT2D eigenvalue weighted by atomic mass is 15.1. The van der Waals surface area contributed by atoms with Gasteiger partial charge in [-0.3, -0.25) is 0 Å². The van der Waals surface area contributed by atoms with E-state index in [0.29, 0.717) is 11.7 Å². The van der Waals surface area contributed by atoms with Gasteiger partial charge >= 0.3 is 0 Å². The first kappa shape index (κ1) is 9.14. The third-order valence-electron chi connectivity index (χ3n) is 2.65. The van der Waals surface area contributed by atoms with Crippen molar-refractivity contribution in [3.8, 4) is 0 Å². The summed E-state index contributed by atoms with van der Waals surface area (Å²) in [6, 6.07) is 0.390. The van der Waals surface area contributed by atoms with Crippen molar-refractivity contribution in [3.05, 3.63) is 18.5 Å². The van der Waals surface area contributed by atoms with Crippen molar-refractivity contribution in [1.82, 2.24) is 19.9 Å². The standard InChI is InChI=1S/C10H12N6/c11-10-15-8-7(12-5-13-8)9(16-10)14-6-3-1-2-4-6/h1-2,5-6H,3-4H2,(H4,11,12,13,14,15,16). The molecule has 4 N–H and O–H groups in total. The van der Waals surface area contributed by atoms with Gasteiger partial charge in [0, 0.05) is 6.04 Å². The van der Waals surface area contributed by atoms with Crippen LogP contribution in [0.3, 0.4) is 0 Å². The van der Waals surface area contributed by atoms with Crippen LogP contribution in [0.1, 0.15) is 12.8 Å². The molecule has 2 aromatic rings. The first-order valence-corrected chi connectivity index (χ1v) is 5.21. The van der Waals surface area contributed by atoms with Gasteiger partial charge in [0.1, 0.15) is 5.52 Å². The molecule has 1 aliphatic carbocycles. The number of aromatic nitrogens is 4. The van der Waals surface area contributed by atoms with E-state index in [1.165, 1.54) is 0 Å². The number of imidazole rings is 1. The average Bonchev–Trinajstić information content (AvgIpc) is 2.87. The lowest BCUT2D eigenvalue weighted by atomic mass is 10.2. The number of aromatic amines is 1. The number of nitrogen functional groups attached to an aromatic ring is 1. The fourth-order valence-corrected chi connectivity index (χ4v) is 1.88. The number of nitrogens with one attached hydrogen (secondary N) is 2. The lowest BCUT2D eigenvalue weighted by Crippen LogP contribution is -2.17. The van der Waals surface area contributed by atoms with Gasteiger partial charge in [0.25, 0.3) is 0 Å². The molecule has 82 valence electrons. The molecule has 0 spiro atoms. The summed E-state index contributed by atoms with van der Waals surface area (Å²) in [7, 11) is 0. The first-order chi connectivity index (χ1) is 7.83. The molecule has 0 amide bonds. The van der Waals surface area contributed by atoms with Crippen LogP contribution < -0.4 is 11.1 Å². The predicted octanol–water partition coefficient (Wildman–Crippen LogP) is 1.07. The molecule has 0 aliphatic heterocycles. The molecule has 0 atom stereocenters. The summed E-state index contributed by atoms with van der Waals surface area (Å²) in [5.74, 6) is 0.974. The van der Waals surface area contributed by atoms with E-state index in [-0.39, 0.29) is 5.95 Å². The Morgan fingerprint density at radius 3 is 2.94 bits per heavy atom. The Balaban J connectivity index is 1.97. The second-order valence-corrected chi connectivity index (χ2v) is 3.82. The van der Waals surface area contributed by atoms with Crippen LogP contribution >= 0.6 is 0 Å². The zero-order valence-corrected chi connectivity index (χ0v) is 8.64. The molecule has 0 saturated heterocycles. The molecule has 16 heavy (non-hydrogen) atoms. The molecular formula is C10H12N6. The van der Waals surface area contributed by atoms with Crippen LogP contribution in [0, 0.1) is 0 Å². The Hall–Kier alpha value is -2.11. The molecule has 0 radical (unpaired) electrons. The Bertz CT molecular complexity index is 535. The largest absolute Gasteiger partial charge is 0.368 e. The number of anilines is 2. The summed E-state index contributed by atoms with van der Waals surface area (Å²) in [5, 5.41) is 3.35. The van der Waals surface area contributed by atoms with Gasteiger partial charge in [-0.05, 0) is 12.8 Å². The molecule has 6 heteroatoms. The van der Waals surface area contributed by atoms with Crippen molar-refractivity contribution in [2.75, 3.05) is 11.1 Å². The molecule has 0 fully saturated rings. The highest BCUT2D eigenvalue weighted by Crippen LogP contribution is 2.21. The fraction of sp³-hybridized carbons (Fsp3) is 0.300. The van der Waals surface area contributed by atoms with Crippen LogP contribution in [0.5, 0.6) is 0 Å². The number of hydrogen-bond acceptors (Lipinski definition) is 5. The van der Waals surface area contributed by atoms with Gasteiger partial charge in [0.15, 0.2) is 11.5 Å². The normalized spacial score (nSPS) is 16.0. The molecule has 2 aromatic heterocycles. The SMILES string of the molecule is Nc1nc(NC2CC=CC2)c2[nH]cnc2n1. The van der Waals surface area contributed by atoms with Gasteiger partial charge in [-0.25, -0.2) is 4.98 Å². The molecule has 1 aliphatic rings. The fourth-order valence-electron chi connectivity index (χ4n) is 1.88. The van der Waals surface area contributed by atoms with Gasteiger partial charge in [-0.15, -0.1) is 0 Å². The zero-order valence-electron chi connectivity index (χ0n) is 8.64. The van der Waals surface area contributed by atoms with Crippen LogP contribution in [0.15, 0.2) is 18.5 Å². The molecule has 6 nitrogen and oxygen atoms in total. The maximum atomic E-state index is 5.63. The number of nitrogens with two attached hydrogens (primary N) is 1. The maximum Gasteiger partial charge on any atom is 0.224 e. The molecule has 2 heterocycles. The Morgan fingerprint density at radius 1 is 1.31 bits per heavy atom. The molecular weight excluding hydrogens is 204 g/mol. The maximum absolute atomic E-state index is 5.63. The minimum Gasteiger partial charge on any atom is -0.368 e. The highest BCUT2D eigenvalue weighted by Gasteiger charge is 2.14. The second-order valence-electron chi connectivity index (χ2n) is 3.82. The van der Waals surface area contributed by atoms with Crippen LogP contribution in [0.25, 0.3) is 11.2 Å². The Morgan fingerprint density at radius 2 is 2.12 bits per heavy atom. The third kappa shape index (κ3) is 1.48. The third-order valence-corrected chi connectivity index (χ3v) is 2.65. The summed E-state index contributed by atoms with van der Waals surface area (Å²) in [5.41, 5.74) is 7.03. The lowest BCUT2D eigenvalue weighted by molar-refractivity contribution is 0.782. The van der Waals surface area contributed by atoms with Crippen molar-refractivity contribution in [2.24, 2.45) is 0 Å². The number of hydrogen-bond donors (Lipinski definition) is 3. The first-order valence-electron chi connectivity index (χ1n) is 5.21.